The molecule has 1 aliphatic heterocycles. The molecular formula is C18H20ClF3N2O3S. The van der Waals surface area contributed by atoms with Crippen LogP contribution in [0.2, 0.25) is 5.02 Å². The van der Waals surface area contributed by atoms with Gasteiger partial charge in [-0.1, -0.05) is 17.7 Å². The van der Waals surface area contributed by atoms with Gasteiger partial charge >= 0.3 is 12.1 Å². The number of carbonyl (C=O) groups excluding carboxylic acids is 2. The number of hydrogen-bond donors (Lipinski definition) is 2. The minimum absolute atomic E-state index is 0.0573. The van der Waals surface area contributed by atoms with Gasteiger partial charge in [-0.3, -0.25) is 4.79 Å². The van der Waals surface area contributed by atoms with Gasteiger partial charge in [0.2, 0.25) is 5.91 Å². The van der Waals surface area contributed by atoms with Crippen LogP contribution < -0.4 is 10.6 Å². The van der Waals surface area contributed by atoms with Crippen molar-refractivity contribution in [2.75, 3.05) is 25.4 Å². The minimum atomic E-state index is -5.05. The molecule has 5 nitrogen and oxygen atoms in total. The van der Waals surface area contributed by atoms with E-state index in [1.807, 2.05) is 0 Å². The van der Waals surface area contributed by atoms with Gasteiger partial charge in [-0.25, -0.2) is 4.79 Å². The van der Waals surface area contributed by atoms with Crippen LogP contribution in [0.4, 0.5) is 13.2 Å². The zero-order valence-corrected chi connectivity index (χ0v) is 16.5. The van der Waals surface area contributed by atoms with Crippen LogP contribution in [0, 0.1) is 5.92 Å². The van der Waals surface area contributed by atoms with E-state index in [0.29, 0.717) is 35.8 Å². The lowest BCUT2D eigenvalue weighted by Crippen LogP contribution is -2.30. The van der Waals surface area contributed by atoms with Crippen LogP contribution in [0.5, 0.6) is 0 Å². The van der Waals surface area contributed by atoms with Gasteiger partial charge in [0.25, 0.3) is 0 Å². The summed E-state index contributed by atoms with van der Waals surface area (Å²) in [6, 6.07) is 3.21. The number of thioether (sulfide) groups is 1. The van der Waals surface area contributed by atoms with Crippen molar-refractivity contribution in [3.63, 3.8) is 0 Å². The van der Waals surface area contributed by atoms with Crippen LogP contribution in [-0.2, 0) is 20.7 Å². The third-order valence-electron chi connectivity index (χ3n) is 4.55. The highest BCUT2D eigenvalue weighted by molar-refractivity contribution is 7.99. The van der Waals surface area contributed by atoms with Crippen LogP contribution in [0.3, 0.4) is 0 Å². The molecule has 0 aromatic heterocycles. The number of esters is 1. The molecule has 1 aliphatic carbocycles. The number of fused-ring (bicyclic) bond motifs is 1. The predicted octanol–water partition coefficient (Wildman–Crippen LogP) is 3.25. The Hall–Kier alpha value is -1.45. The fraction of sp³-hybridized carbons (Fsp3) is 0.556. The molecule has 10 heteroatoms. The maximum atomic E-state index is 12.6. The van der Waals surface area contributed by atoms with E-state index in [2.05, 4.69) is 10.6 Å². The van der Waals surface area contributed by atoms with Crippen LogP contribution in [-0.4, -0.2) is 43.4 Å². The first-order chi connectivity index (χ1) is 13.3. The van der Waals surface area contributed by atoms with Crippen molar-refractivity contribution in [3.8, 4) is 0 Å². The highest BCUT2D eigenvalue weighted by Crippen LogP contribution is 2.38. The first-order valence-electron chi connectivity index (χ1n) is 8.97. The second-order valence-corrected chi connectivity index (χ2v) is 8.22. The fourth-order valence-corrected chi connectivity index (χ4v) is 4.35. The molecule has 1 unspecified atom stereocenters. The lowest BCUT2D eigenvalue weighted by Gasteiger charge is -2.21. The van der Waals surface area contributed by atoms with Gasteiger partial charge < -0.3 is 15.4 Å². The molecule has 0 spiro atoms. The molecule has 28 heavy (non-hydrogen) atoms. The Morgan fingerprint density at radius 3 is 2.75 bits per heavy atom. The summed E-state index contributed by atoms with van der Waals surface area (Å²) in [4.78, 5) is 23.7. The summed E-state index contributed by atoms with van der Waals surface area (Å²) in [6.07, 6.45) is -3.68. The van der Waals surface area contributed by atoms with Crippen LogP contribution in [0.15, 0.2) is 17.0 Å². The van der Waals surface area contributed by atoms with Crippen molar-refractivity contribution in [3.05, 3.63) is 28.3 Å². The highest BCUT2D eigenvalue weighted by Gasteiger charge is 2.43. The van der Waals surface area contributed by atoms with E-state index in [1.54, 1.807) is 12.1 Å². The molecule has 0 saturated heterocycles. The lowest BCUT2D eigenvalue weighted by atomic mass is 10.0. The second kappa shape index (κ2) is 8.92. The van der Waals surface area contributed by atoms with E-state index in [1.165, 1.54) is 11.8 Å². The van der Waals surface area contributed by atoms with E-state index in [4.69, 9.17) is 16.3 Å². The Morgan fingerprint density at radius 1 is 1.32 bits per heavy atom. The van der Waals surface area contributed by atoms with E-state index in [9.17, 15) is 22.8 Å². The second-order valence-electron chi connectivity index (χ2n) is 6.70. The highest BCUT2D eigenvalue weighted by atomic mass is 35.5. The molecule has 154 valence electrons. The standard InChI is InChI=1S/C18H20ClF3N2O3S/c19-13-4-3-11-12(15(13)28-8-7-24-16(25)10-1-2-10)5-6-23-9-14(11)27-17(26)18(20,21)22/h3-4,10,14,23H,1-2,5-9H2,(H,24,25). The normalized spacial score (nSPS) is 19.5. The topological polar surface area (TPSA) is 67.4 Å². The summed E-state index contributed by atoms with van der Waals surface area (Å²) in [5.74, 6) is -1.44. The number of benzene rings is 1. The van der Waals surface area contributed by atoms with Crippen LogP contribution in [0.1, 0.15) is 30.1 Å². The molecule has 1 amide bonds. The first-order valence-corrected chi connectivity index (χ1v) is 10.3. The number of alkyl halides is 3. The Bertz CT molecular complexity index is 756. The van der Waals surface area contributed by atoms with Gasteiger partial charge in [0.05, 0.1) is 5.02 Å². The van der Waals surface area contributed by atoms with Gasteiger partial charge in [0.1, 0.15) is 6.10 Å². The monoisotopic (exact) mass is 436 g/mol. The van der Waals surface area contributed by atoms with Gasteiger partial charge in [0.15, 0.2) is 0 Å². The number of amides is 1. The largest absolute Gasteiger partial charge is 0.490 e. The van der Waals surface area contributed by atoms with E-state index >= 15 is 0 Å². The maximum Gasteiger partial charge on any atom is 0.490 e. The maximum absolute atomic E-state index is 12.6. The average molecular weight is 437 g/mol. The van der Waals surface area contributed by atoms with Crippen molar-refractivity contribution >= 4 is 35.2 Å². The quantitative estimate of drug-likeness (QED) is 0.407. The zero-order chi connectivity index (χ0) is 20.3. The minimum Gasteiger partial charge on any atom is -0.449 e. The van der Waals surface area contributed by atoms with Gasteiger partial charge in [-0.05, 0) is 43.0 Å². The molecular weight excluding hydrogens is 417 g/mol. The van der Waals surface area contributed by atoms with Crippen LogP contribution in [0.25, 0.3) is 0 Å². The Labute approximate surface area is 169 Å². The SMILES string of the molecule is O=C(NCCSc1c(Cl)ccc2c1CCNCC2OC(=O)C(F)(F)F)C1CC1. The molecule has 1 atom stereocenters. The smallest absolute Gasteiger partial charge is 0.449 e. The van der Waals surface area contributed by atoms with Crippen LogP contribution >= 0.6 is 23.4 Å². The molecule has 2 aliphatic rings. The Morgan fingerprint density at radius 2 is 2.07 bits per heavy atom. The summed E-state index contributed by atoms with van der Waals surface area (Å²) >= 11 is 7.76. The Kier molecular flexibility index (Phi) is 6.77. The third-order valence-corrected chi connectivity index (χ3v) is 6.14. The van der Waals surface area contributed by atoms with Crippen molar-refractivity contribution in [1.29, 1.82) is 0 Å². The molecule has 0 radical (unpaired) electrons. The first kappa shape index (κ1) is 21.3. The molecule has 1 fully saturated rings. The number of nitrogens with one attached hydrogen (secondary N) is 2. The molecule has 2 N–H and O–H groups in total. The van der Waals surface area contributed by atoms with Gasteiger partial charge in [0, 0.05) is 29.7 Å². The van der Waals surface area contributed by atoms with E-state index in [-0.39, 0.29) is 18.4 Å². The summed E-state index contributed by atoms with van der Waals surface area (Å²) < 4.78 is 42.5. The summed E-state index contributed by atoms with van der Waals surface area (Å²) in [7, 11) is 0. The number of halogens is 4. The zero-order valence-electron chi connectivity index (χ0n) is 14.9. The van der Waals surface area contributed by atoms with Crippen molar-refractivity contribution in [2.45, 2.75) is 36.4 Å². The lowest BCUT2D eigenvalue weighted by molar-refractivity contribution is -0.205. The van der Waals surface area contributed by atoms with Crippen molar-refractivity contribution in [1.82, 2.24) is 10.6 Å². The number of rotatable bonds is 6. The molecule has 1 aromatic carbocycles. The molecule has 1 saturated carbocycles. The number of hydrogen-bond acceptors (Lipinski definition) is 5. The number of ether oxygens (including phenoxy) is 1. The van der Waals surface area contributed by atoms with Gasteiger partial charge in [-0.15, -0.1) is 11.8 Å². The van der Waals surface area contributed by atoms with Crippen molar-refractivity contribution in [2.24, 2.45) is 5.92 Å². The summed E-state index contributed by atoms with van der Waals surface area (Å²) in [5.41, 5.74) is 1.30. The molecule has 1 aromatic rings. The van der Waals surface area contributed by atoms with E-state index in [0.717, 1.165) is 23.3 Å². The third kappa shape index (κ3) is 5.33. The van der Waals surface area contributed by atoms with E-state index < -0.39 is 18.2 Å². The van der Waals surface area contributed by atoms with Crippen molar-refractivity contribution < 1.29 is 27.5 Å². The fourth-order valence-electron chi connectivity index (χ4n) is 3.00. The summed E-state index contributed by atoms with van der Waals surface area (Å²) in [6.45, 7) is 1.10. The van der Waals surface area contributed by atoms with Gasteiger partial charge in [-0.2, -0.15) is 13.2 Å². The number of carbonyl (C=O) groups is 2. The summed E-state index contributed by atoms with van der Waals surface area (Å²) in [5, 5.41) is 6.35. The molecule has 0 bridgehead atoms. The predicted molar refractivity (Wildman–Crippen MR) is 99.4 cm³/mol. The average Bonchev–Trinajstić information content (AvgIpc) is 3.47. The molecule has 1 heterocycles. The Balaban J connectivity index is 1.72. The molecule has 3 rings (SSSR count).